The maximum atomic E-state index is 13.8. The number of anilines is 1. The molecule has 0 saturated carbocycles. The Morgan fingerprint density at radius 3 is 2.10 bits per heavy atom. The number of hydrogen-bond donors (Lipinski definition) is 1. The molecular formula is C25H20N4O9S. The second kappa shape index (κ2) is 10.8. The molecule has 0 amide bonds. The second-order valence-corrected chi connectivity index (χ2v) is 9.19. The minimum atomic E-state index is -1.08. The Hall–Kier alpha value is -4.98. The van der Waals surface area contributed by atoms with Crippen molar-refractivity contribution in [1.82, 2.24) is 4.57 Å². The molecule has 200 valence electrons. The topological polar surface area (TPSA) is 187 Å². The molecule has 39 heavy (non-hydrogen) atoms. The molecule has 0 fully saturated rings. The molecule has 1 aliphatic rings. The van der Waals surface area contributed by atoms with Crippen LogP contribution in [0.1, 0.15) is 38.6 Å². The number of nitrogens with zero attached hydrogens (tertiary/aromatic N) is 3. The van der Waals surface area contributed by atoms with Crippen LogP contribution < -0.4 is 16.3 Å². The van der Waals surface area contributed by atoms with Gasteiger partial charge in [0.1, 0.15) is 10.2 Å². The molecule has 1 atom stereocenters. The number of nitrogen functional groups attached to an aromatic ring is 1. The summed E-state index contributed by atoms with van der Waals surface area (Å²) in [5, 5.41) is 21.2. The number of thioether (sulfide) groups is 1. The van der Waals surface area contributed by atoms with Crippen LogP contribution >= 0.6 is 11.8 Å². The Kier molecular flexibility index (Phi) is 7.49. The molecule has 2 heterocycles. The van der Waals surface area contributed by atoms with Gasteiger partial charge in [-0.1, -0.05) is 23.9 Å². The highest BCUT2D eigenvalue weighted by atomic mass is 32.2. The highest BCUT2D eigenvalue weighted by Gasteiger charge is 2.38. The first kappa shape index (κ1) is 27.1. The van der Waals surface area contributed by atoms with Gasteiger partial charge in [-0.15, -0.1) is 0 Å². The number of rotatable bonds is 7. The van der Waals surface area contributed by atoms with Gasteiger partial charge in [-0.05, 0) is 36.3 Å². The quantitative estimate of drug-likeness (QED) is 0.257. The Balaban J connectivity index is 2.03. The molecule has 2 aromatic carbocycles. The molecule has 0 saturated heterocycles. The van der Waals surface area contributed by atoms with E-state index in [1.165, 1.54) is 54.6 Å². The summed E-state index contributed by atoms with van der Waals surface area (Å²) in [6.45, 7) is 1.61. The fourth-order valence-electron chi connectivity index (χ4n) is 4.02. The van der Waals surface area contributed by atoms with Crippen LogP contribution in [0.5, 0.6) is 0 Å². The minimum absolute atomic E-state index is 0.00198. The van der Waals surface area contributed by atoms with Crippen molar-refractivity contribution in [1.29, 1.82) is 0 Å². The van der Waals surface area contributed by atoms with Crippen molar-refractivity contribution in [2.45, 2.75) is 12.2 Å². The standard InChI is InChI=1S/C25H20N4O9S/c1-3-38-25(32)22-19-17(12-13-4-8-15(9-5-13)28(33)34)18(26)20(24(31)37-2)27(19)23(30)21(39-22)14-6-10-16(11-7-14)29(35)36/h4-12,21H,3,26H2,1-2H3/b17-12+/t21-/m1/s1. The third kappa shape index (κ3) is 4.96. The predicted octanol–water partition coefficient (Wildman–Crippen LogP) is 2.30. The van der Waals surface area contributed by atoms with Crippen molar-refractivity contribution in [3.8, 4) is 0 Å². The van der Waals surface area contributed by atoms with E-state index in [-0.39, 0.29) is 44.8 Å². The lowest BCUT2D eigenvalue weighted by Gasteiger charge is -2.23. The SMILES string of the molecule is CCOC(=O)C1=c2/c(=C/c3ccc([N+](=O)[O-])cc3)c(N)c(C(=O)OC)n2C(=O)[C@@H](c2ccc([N+](=O)[O-])cc2)S1. The molecule has 2 N–H and O–H groups in total. The van der Waals surface area contributed by atoms with Crippen molar-refractivity contribution in [2.75, 3.05) is 19.5 Å². The van der Waals surface area contributed by atoms with Crippen molar-refractivity contribution < 1.29 is 33.7 Å². The van der Waals surface area contributed by atoms with Gasteiger partial charge in [0.25, 0.3) is 11.4 Å². The van der Waals surface area contributed by atoms with E-state index in [4.69, 9.17) is 15.2 Å². The Morgan fingerprint density at radius 1 is 1.03 bits per heavy atom. The van der Waals surface area contributed by atoms with Crippen LogP contribution in [-0.4, -0.2) is 46.0 Å². The largest absolute Gasteiger partial charge is 0.464 e. The van der Waals surface area contributed by atoms with Gasteiger partial charge in [-0.3, -0.25) is 29.6 Å². The molecule has 13 nitrogen and oxygen atoms in total. The first-order chi connectivity index (χ1) is 18.6. The monoisotopic (exact) mass is 552 g/mol. The summed E-state index contributed by atoms with van der Waals surface area (Å²) in [6.07, 6.45) is 1.48. The van der Waals surface area contributed by atoms with E-state index in [0.29, 0.717) is 11.1 Å². The Bertz CT molecular complexity index is 1640. The van der Waals surface area contributed by atoms with Gasteiger partial charge in [0.05, 0.1) is 34.6 Å². The molecular weight excluding hydrogens is 532 g/mol. The zero-order valence-corrected chi connectivity index (χ0v) is 21.3. The molecule has 0 bridgehead atoms. The van der Waals surface area contributed by atoms with Crippen LogP contribution in [0, 0.1) is 20.2 Å². The van der Waals surface area contributed by atoms with E-state index in [9.17, 15) is 34.6 Å². The van der Waals surface area contributed by atoms with Crippen molar-refractivity contribution >= 4 is 57.7 Å². The maximum Gasteiger partial charge on any atom is 0.357 e. The number of benzene rings is 2. The van der Waals surface area contributed by atoms with Crippen molar-refractivity contribution in [3.63, 3.8) is 0 Å². The van der Waals surface area contributed by atoms with Gasteiger partial charge >= 0.3 is 11.9 Å². The van der Waals surface area contributed by atoms with E-state index in [0.717, 1.165) is 23.4 Å². The molecule has 0 aliphatic carbocycles. The lowest BCUT2D eigenvalue weighted by Crippen LogP contribution is -2.42. The van der Waals surface area contributed by atoms with E-state index in [1.807, 2.05) is 0 Å². The smallest absolute Gasteiger partial charge is 0.357 e. The number of carbonyl (C=O) groups is 3. The van der Waals surface area contributed by atoms with Gasteiger partial charge < -0.3 is 15.2 Å². The number of esters is 2. The summed E-state index contributed by atoms with van der Waals surface area (Å²) in [5.74, 6) is -2.37. The number of carbonyl (C=O) groups excluding carboxylic acids is 3. The Labute approximate surface area is 223 Å². The fourth-order valence-corrected chi connectivity index (χ4v) is 5.22. The summed E-state index contributed by atoms with van der Waals surface area (Å²) < 4.78 is 11.1. The zero-order chi connectivity index (χ0) is 28.4. The first-order valence-corrected chi connectivity index (χ1v) is 12.2. The fraction of sp³-hybridized carbons (Fsp3) is 0.160. The summed E-state index contributed by atoms with van der Waals surface area (Å²) in [4.78, 5) is 60.7. The molecule has 1 aliphatic heterocycles. The van der Waals surface area contributed by atoms with Crippen LogP contribution in [0.15, 0.2) is 48.5 Å². The number of non-ortho nitro benzene ring substituents is 2. The Morgan fingerprint density at radius 2 is 1.59 bits per heavy atom. The number of aromatic nitrogens is 1. The van der Waals surface area contributed by atoms with E-state index >= 15 is 0 Å². The molecule has 0 unspecified atom stereocenters. The normalized spacial score (nSPS) is 15.0. The summed E-state index contributed by atoms with van der Waals surface area (Å²) in [5.41, 5.74) is 6.32. The van der Waals surface area contributed by atoms with Gasteiger partial charge in [0.2, 0.25) is 5.91 Å². The van der Waals surface area contributed by atoms with E-state index in [1.54, 1.807) is 6.92 Å². The van der Waals surface area contributed by atoms with Crippen LogP contribution in [0.2, 0.25) is 0 Å². The number of hydrogen-bond acceptors (Lipinski definition) is 11. The number of methoxy groups -OCH3 is 1. The summed E-state index contributed by atoms with van der Waals surface area (Å²) >= 11 is 0.855. The molecule has 3 aromatic rings. The second-order valence-electron chi connectivity index (χ2n) is 8.08. The number of fused-ring (bicyclic) bond motifs is 1. The zero-order valence-electron chi connectivity index (χ0n) is 20.5. The van der Waals surface area contributed by atoms with E-state index < -0.39 is 32.9 Å². The van der Waals surface area contributed by atoms with Gasteiger partial charge in [-0.25, -0.2) is 9.59 Å². The van der Waals surface area contributed by atoms with Crippen LogP contribution in [0.3, 0.4) is 0 Å². The number of nitro groups is 2. The molecule has 4 rings (SSSR count). The average Bonchev–Trinajstić information content (AvgIpc) is 3.21. The molecule has 0 radical (unpaired) electrons. The van der Waals surface area contributed by atoms with Crippen molar-refractivity contribution in [2.24, 2.45) is 0 Å². The van der Waals surface area contributed by atoms with Gasteiger partial charge in [0, 0.05) is 29.5 Å². The third-order valence-corrected chi connectivity index (χ3v) is 7.11. The molecule has 14 heteroatoms. The molecule has 0 spiro atoms. The van der Waals surface area contributed by atoms with Gasteiger partial charge in [-0.2, -0.15) is 0 Å². The summed E-state index contributed by atoms with van der Waals surface area (Å²) in [6, 6.07) is 10.6. The summed E-state index contributed by atoms with van der Waals surface area (Å²) in [7, 11) is 1.10. The third-order valence-electron chi connectivity index (χ3n) is 5.80. The molecule has 1 aromatic heterocycles. The van der Waals surface area contributed by atoms with Crippen LogP contribution in [0.4, 0.5) is 17.1 Å². The van der Waals surface area contributed by atoms with E-state index in [2.05, 4.69) is 0 Å². The minimum Gasteiger partial charge on any atom is -0.464 e. The van der Waals surface area contributed by atoms with Crippen LogP contribution in [0.25, 0.3) is 11.0 Å². The average molecular weight is 553 g/mol. The number of ether oxygens (including phenoxy) is 2. The lowest BCUT2D eigenvalue weighted by atomic mass is 10.1. The highest BCUT2D eigenvalue weighted by molar-refractivity contribution is 8.10. The number of nitro benzene ring substituents is 2. The maximum absolute atomic E-state index is 13.8. The van der Waals surface area contributed by atoms with Crippen LogP contribution in [-0.2, 0) is 14.3 Å². The first-order valence-electron chi connectivity index (χ1n) is 11.3. The van der Waals surface area contributed by atoms with Gasteiger partial charge in [0.15, 0.2) is 5.69 Å². The number of nitrogens with two attached hydrogens (primary N) is 1. The predicted molar refractivity (Wildman–Crippen MR) is 140 cm³/mol. The highest BCUT2D eigenvalue weighted by Crippen LogP contribution is 2.40. The van der Waals surface area contributed by atoms with Crippen molar-refractivity contribution in [3.05, 3.63) is 96.1 Å². The lowest BCUT2D eigenvalue weighted by molar-refractivity contribution is -0.385.